The van der Waals surface area contributed by atoms with Crippen LogP contribution in [0.3, 0.4) is 0 Å². The monoisotopic (exact) mass is 1010 g/mol. The number of halogens is 2. The Balaban J connectivity index is 0.000000544. The number of aryl methyl sites for hydroxylation is 2. The summed E-state index contributed by atoms with van der Waals surface area (Å²) >= 11 is 0. The zero-order valence-electron chi connectivity index (χ0n) is 43.7. The molecule has 5 heterocycles. The number of amides is 2. The fourth-order valence-electron chi connectivity index (χ4n) is 12.5. The van der Waals surface area contributed by atoms with Crippen molar-refractivity contribution in [3.05, 3.63) is 112 Å². The first kappa shape index (κ1) is 51.7. The quantitative estimate of drug-likeness (QED) is 0.129. The number of carbonyl (C=O) groups is 2. The number of alkyl halides is 2. The number of aliphatic imine (C=N–C) groups is 1. The number of allylic oxidation sites excluding steroid dienone is 1. The maximum atomic E-state index is 14.8. The number of nitriles is 1. The number of carbonyl (C=O) groups excluding carboxylic acids is 2. The average Bonchev–Trinajstić information content (AvgIpc) is 4.00. The highest BCUT2D eigenvalue weighted by atomic mass is 19.3. The number of piperidine rings is 1. The lowest BCUT2D eigenvalue weighted by Crippen LogP contribution is -2.63. The molecular weight excluding hydrogens is 941 g/mol. The predicted octanol–water partition coefficient (Wildman–Crippen LogP) is 9.71. The van der Waals surface area contributed by atoms with Gasteiger partial charge in [-0.15, -0.1) is 0 Å². The van der Waals surface area contributed by atoms with Crippen molar-refractivity contribution < 1.29 is 28.2 Å². The van der Waals surface area contributed by atoms with E-state index in [1.165, 1.54) is 25.3 Å². The molecule has 1 atom stereocenters. The Morgan fingerprint density at radius 1 is 1.00 bits per heavy atom. The predicted molar refractivity (Wildman–Crippen MR) is 283 cm³/mol. The minimum Gasteiger partial charge on any atom is -0.508 e. The summed E-state index contributed by atoms with van der Waals surface area (Å²) < 4.78 is 38.2. The smallest absolute Gasteiger partial charge is 0.264 e. The number of nitrogens with zero attached hydrogens (tertiary/aromatic N) is 9. The summed E-state index contributed by atoms with van der Waals surface area (Å²) in [5.74, 6) is 1.23. The molecule has 0 bridgehead atoms. The summed E-state index contributed by atoms with van der Waals surface area (Å²) in [7, 11) is 3.24. The highest BCUT2D eigenvalue weighted by Gasteiger charge is 2.53. The van der Waals surface area contributed by atoms with Crippen LogP contribution in [0.4, 0.5) is 26.0 Å². The Morgan fingerprint density at radius 2 is 1.74 bits per heavy atom. The van der Waals surface area contributed by atoms with Crippen LogP contribution in [0.15, 0.2) is 83.8 Å². The number of aromatic nitrogens is 4. The lowest BCUT2D eigenvalue weighted by molar-refractivity contribution is -0.129. The van der Waals surface area contributed by atoms with Crippen molar-refractivity contribution in [3.63, 3.8) is 0 Å². The molecule has 74 heavy (non-hydrogen) atoms. The first-order valence-corrected chi connectivity index (χ1v) is 25.9. The molecule has 390 valence electrons. The normalized spacial score (nSPS) is 20.6. The molecular formula is C57H69F2N11O4. The standard InChI is InChI=1S/C49H62F2N10O2.C8H7NO2/c1-30(62)59-21-17-42-40(28-59)45(60-18-7-8-32-23-38(34-26-53-57(6)27-34)39(44(50)51)24-43(32)60)56-61(42)37-13-14-41(33(22-37)25-52)54-35-15-19-58(20-16-35)36-11-9-31(10-12-36)46(63)55-47-48(2,3)29-49(47,4)5;1-11-8-4-7(10)3-2-6(8)5-9/h9-12,23-27,35,37,44,47H,7-8,13-22,28-29,52H2,1-6H3,(H,55,63);2-4,10H,1H3/b33-25-,54-41?;. The van der Waals surface area contributed by atoms with Gasteiger partial charge in [-0.05, 0) is 134 Å². The van der Waals surface area contributed by atoms with Crippen LogP contribution in [0.5, 0.6) is 11.5 Å². The van der Waals surface area contributed by atoms with Crippen molar-refractivity contribution >= 4 is 34.7 Å². The third-order valence-corrected chi connectivity index (χ3v) is 15.8. The van der Waals surface area contributed by atoms with E-state index in [0.29, 0.717) is 60.5 Å². The first-order valence-electron chi connectivity index (χ1n) is 25.9. The largest absolute Gasteiger partial charge is 0.508 e. The van der Waals surface area contributed by atoms with E-state index in [0.717, 1.165) is 103 Å². The van der Waals surface area contributed by atoms with Crippen LogP contribution >= 0.6 is 0 Å². The van der Waals surface area contributed by atoms with E-state index in [4.69, 9.17) is 30.9 Å². The highest BCUT2D eigenvalue weighted by Crippen LogP contribution is 2.53. The molecule has 4 N–H and O–H groups in total. The molecule has 3 aromatic carbocycles. The number of phenolic OH excluding ortho intramolecular Hbond substituents is 1. The third kappa shape index (κ3) is 10.5. The second-order valence-electron chi connectivity index (χ2n) is 21.9. The number of hydrogen-bond acceptors (Lipinski definition) is 11. The van der Waals surface area contributed by atoms with Crippen molar-refractivity contribution in [2.75, 3.05) is 43.1 Å². The van der Waals surface area contributed by atoms with Gasteiger partial charge in [-0.2, -0.15) is 15.5 Å². The van der Waals surface area contributed by atoms with Gasteiger partial charge in [-0.25, -0.2) is 8.78 Å². The topological polar surface area (TPSA) is 183 Å². The number of anilines is 3. The molecule has 2 aromatic heterocycles. The van der Waals surface area contributed by atoms with Gasteiger partial charge in [0, 0.05) is 110 Å². The minimum atomic E-state index is -2.67. The number of hydrogen-bond donors (Lipinski definition) is 3. The van der Waals surface area contributed by atoms with E-state index in [1.807, 2.05) is 29.2 Å². The lowest BCUT2D eigenvalue weighted by Gasteiger charge is -2.57. The van der Waals surface area contributed by atoms with E-state index < -0.39 is 6.43 Å². The van der Waals surface area contributed by atoms with Crippen molar-refractivity contribution in [1.29, 1.82) is 5.26 Å². The maximum absolute atomic E-state index is 14.8. The molecule has 2 saturated carbocycles. The molecule has 5 aromatic rings. The molecule has 1 saturated heterocycles. The van der Waals surface area contributed by atoms with Gasteiger partial charge in [0.05, 0.1) is 37.5 Å². The molecule has 0 spiro atoms. The number of benzene rings is 3. The van der Waals surface area contributed by atoms with Crippen LogP contribution in [0.25, 0.3) is 11.1 Å². The summed E-state index contributed by atoms with van der Waals surface area (Å²) in [6.07, 6.45) is 9.98. The van der Waals surface area contributed by atoms with Gasteiger partial charge >= 0.3 is 0 Å². The van der Waals surface area contributed by atoms with E-state index >= 15 is 0 Å². The summed E-state index contributed by atoms with van der Waals surface area (Å²) in [5.41, 5.74) is 15.9. The van der Waals surface area contributed by atoms with Gasteiger partial charge < -0.3 is 35.6 Å². The number of aromatic hydroxyl groups is 1. The molecule has 17 heteroatoms. The number of methoxy groups -OCH3 is 1. The number of fused-ring (bicyclic) bond motifs is 2. The van der Waals surface area contributed by atoms with Gasteiger partial charge in [0.2, 0.25) is 5.91 Å². The number of phenols is 1. The van der Waals surface area contributed by atoms with Gasteiger partial charge in [0.15, 0.2) is 5.82 Å². The molecule has 15 nitrogen and oxygen atoms in total. The van der Waals surface area contributed by atoms with Crippen LogP contribution in [0.2, 0.25) is 0 Å². The van der Waals surface area contributed by atoms with Crippen molar-refractivity contribution in [2.45, 2.75) is 124 Å². The van der Waals surface area contributed by atoms with Gasteiger partial charge in [-0.3, -0.25) is 23.9 Å². The molecule has 1 unspecified atom stereocenters. The van der Waals surface area contributed by atoms with Crippen LogP contribution in [0, 0.1) is 22.2 Å². The van der Waals surface area contributed by atoms with Crippen LogP contribution in [0.1, 0.15) is 130 Å². The van der Waals surface area contributed by atoms with Crippen molar-refractivity contribution in [1.82, 2.24) is 29.8 Å². The van der Waals surface area contributed by atoms with E-state index in [9.17, 15) is 18.4 Å². The van der Waals surface area contributed by atoms with Crippen LogP contribution in [-0.4, -0.2) is 92.5 Å². The number of nitrogens with two attached hydrogens (primary N) is 1. The Bertz CT molecular complexity index is 3000. The van der Waals surface area contributed by atoms with Crippen molar-refractivity contribution in [3.8, 4) is 28.7 Å². The fraction of sp³-hybridized carbons (Fsp3) is 0.474. The second-order valence-corrected chi connectivity index (χ2v) is 21.9. The van der Waals surface area contributed by atoms with Gasteiger partial charge in [0.25, 0.3) is 12.3 Å². The molecule has 5 aliphatic rings. The van der Waals surface area contributed by atoms with Gasteiger partial charge in [0.1, 0.15) is 17.6 Å². The Labute approximate surface area is 432 Å². The second kappa shape index (κ2) is 21.0. The zero-order valence-corrected chi connectivity index (χ0v) is 43.7. The third-order valence-electron chi connectivity index (χ3n) is 15.8. The highest BCUT2D eigenvalue weighted by molar-refractivity contribution is 6.01. The summed E-state index contributed by atoms with van der Waals surface area (Å²) in [5, 5.41) is 30.4. The molecule has 10 rings (SSSR count). The SMILES string of the molecule is CC(=O)N1CCc2c(c(N3CCCc4cc(-c5cnn(C)c5)c(C(F)F)cc43)nn2C2CCC(=NC3CCN(c4ccc(C(=O)NC5C(C)(C)CC5(C)C)cc4)CC3)/C(=C\N)C2)C1.COc1cc(O)ccc1C#N. The van der Waals surface area contributed by atoms with Crippen LogP contribution in [-0.2, 0) is 31.2 Å². The molecule has 2 amide bonds. The average molecular weight is 1010 g/mol. The molecule has 2 aliphatic carbocycles. The maximum Gasteiger partial charge on any atom is 0.264 e. The number of rotatable bonds is 9. The molecule has 3 fully saturated rings. The summed E-state index contributed by atoms with van der Waals surface area (Å²) in [6.45, 7) is 13.9. The van der Waals surface area contributed by atoms with E-state index in [1.54, 1.807) is 43.3 Å². The minimum absolute atomic E-state index is 0.00659. The zero-order chi connectivity index (χ0) is 52.6. The Hall–Kier alpha value is -7.22. The van der Waals surface area contributed by atoms with E-state index in [-0.39, 0.29) is 52.1 Å². The lowest BCUT2D eigenvalue weighted by atomic mass is 9.52. The fourth-order valence-corrected chi connectivity index (χ4v) is 12.5. The van der Waals surface area contributed by atoms with Crippen molar-refractivity contribution in [2.24, 2.45) is 28.6 Å². The van der Waals surface area contributed by atoms with E-state index in [2.05, 4.69) is 64.7 Å². The Kier molecular flexibility index (Phi) is 14.6. The Morgan fingerprint density at radius 3 is 2.38 bits per heavy atom. The number of nitrogens with one attached hydrogen (secondary N) is 1. The van der Waals surface area contributed by atoms with Gasteiger partial charge in [-0.1, -0.05) is 27.7 Å². The van der Waals surface area contributed by atoms with Crippen LogP contribution < -0.4 is 25.6 Å². The number of ether oxygens (including phenoxy) is 1. The first-order chi connectivity index (χ1) is 35.4. The molecule has 3 aliphatic heterocycles. The molecule has 0 radical (unpaired) electrons. The summed E-state index contributed by atoms with van der Waals surface area (Å²) in [6, 6.07) is 18.3. The summed E-state index contributed by atoms with van der Waals surface area (Å²) in [4.78, 5) is 37.6.